The van der Waals surface area contributed by atoms with Gasteiger partial charge in [0, 0.05) is 11.9 Å². The van der Waals surface area contributed by atoms with Crippen molar-refractivity contribution in [3.8, 4) is 0 Å². The summed E-state index contributed by atoms with van der Waals surface area (Å²) in [5, 5.41) is 12.7. The van der Waals surface area contributed by atoms with Gasteiger partial charge in [0.05, 0.1) is 5.69 Å². The Kier molecular flexibility index (Phi) is 3.86. The predicted octanol–water partition coefficient (Wildman–Crippen LogP) is 3.07. The number of hydrogen-bond acceptors (Lipinski definition) is 4. The standard InChI is InChI=1S/C12H10F3N3O2S/c1-6-10(11(19)20)16-9(21-6)4-3-7-5-8(12(13,14)15)17-18(7)2/h3-5H,1-2H3,(H,19,20). The number of carbonyl (C=O) groups is 1. The summed E-state index contributed by atoms with van der Waals surface area (Å²) in [5.41, 5.74) is -0.793. The molecular formula is C12H10F3N3O2S. The van der Waals surface area contributed by atoms with Crippen molar-refractivity contribution in [3.05, 3.63) is 33.0 Å². The van der Waals surface area contributed by atoms with Crippen LogP contribution in [0.4, 0.5) is 13.2 Å². The number of nitrogens with zero attached hydrogens (tertiary/aromatic N) is 3. The van der Waals surface area contributed by atoms with Gasteiger partial charge in [0.25, 0.3) is 0 Å². The van der Waals surface area contributed by atoms with Gasteiger partial charge in [0.1, 0.15) is 5.01 Å². The molecule has 2 aromatic heterocycles. The monoisotopic (exact) mass is 317 g/mol. The maximum Gasteiger partial charge on any atom is 0.435 e. The molecule has 0 spiro atoms. The molecular weight excluding hydrogens is 307 g/mol. The van der Waals surface area contributed by atoms with Gasteiger partial charge in [-0.05, 0) is 25.1 Å². The van der Waals surface area contributed by atoms with Crippen molar-refractivity contribution in [2.24, 2.45) is 7.05 Å². The molecule has 2 aromatic rings. The van der Waals surface area contributed by atoms with E-state index >= 15 is 0 Å². The molecule has 0 saturated carbocycles. The SMILES string of the molecule is Cc1sc(C=Cc2cc(C(F)(F)F)nn2C)nc1C(=O)O. The molecule has 21 heavy (non-hydrogen) atoms. The van der Waals surface area contributed by atoms with E-state index in [1.165, 1.54) is 19.2 Å². The highest BCUT2D eigenvalue weighted by molar-refractivity contribution is 7.12. The number of thiazole rings is 1. The van der Waals surface area contributed by atoms with Crippen LogP contribution in [0, 0.1) is 6.92 Å². The summed E-state index contributed by atoms with van der Waals surface area (Å²) in [5.74, 6) is -1.14. The number of carboxylic acids is 1. The number of carboxylic acid groups (broad SMARTS) is 1. The van der Waals surface area contributed by atoms with E-state index in [1.807, 2.05) is 0 Å². The van der Waals surface area contributed by atoms with Gasteiger partial charge in [-0.2, -0.15) is 18.3 Å². The van der Waals surface area contributed by atoms with Crippen LogP contribution in [0.3, 0.4) is 0 Å². The average Bonchev–Trinajstić information content (AvgIpc) is 2.89. The van der Waals surface area contributed by atoms with E-state index in [-0.39, 0.29) is 11.4 Å². The summed E-state index contributed by atoms with van der Waals surface area (Å²) in [6.45, 7) is 1.62. The van der Waals surface area contributed by atoms with E-state index in [0.717, 1.165) is 22.1 Å². The number of aryl methyl sites for hydroxylation is 2. The molecule has 0 fully saturated rings. The van der Waals surface area contributed by atoms with Gasteiger partial charge < -0.3 is 5.11 Å². The second-order valence-corrected chi connectivity index (χ2v) is 5.41. The first-order valence-corrected chi connectivity index (χ1v) is 6.50. The van der Waals surface area contributed by atoms with Crippen LogP contribution in [0.5, 0.6) is 0 Å². The van der Waals surface area contributed by atoms with Crippen LogP contribution in [0.1, 0.15) is 31.8 Å². The number of hydrogen-bond donors (Lipinski definition) is 1. The fourth-order valence-corrected chi connectivity index (χ4v) is 2.44. The first-order valence-electron chi connectivity index (χ1n) is 5.68. The molecule has 0 saturated heterocycles. The maximum atomic E-state index is 12.5. The van der Waals surface area contributed by atoms with Gasteiger partial charge in [0.2, 0.25) is 0 Å². The van der Waals surface area contributed by atoms with Crippen LogP contribution >= 0.6 is 11.3 Å². The minimum Gasteiger partial charge on any atom is -0.476 e. The molecule has 0 aliphatic carbocycles. The number of aromatic nitrogens is 3. The third-order valence-electron chi connectivity index (χ3n) is 2.62. The zero-order valence-corrected chi connectivity index (χ0v) is 11.8. The van der Waals surface area contributed by atoms with E-state index in [0.29, 0.717) is 9.88 Å². The van der Waals surface area contributed by atoms with Crippen molar-refractivity contribution >= 4 is 29.5 Å². The zero-order chi connectivity index (χ0) is 15.8. The van der Waals surface area contributed by atoms with Gasteiger partial charge in [0.15, 0.2) is 11.4 Å². The predicted molar refractivity (Wildman–Crippen MR) is 70.9 cm³/mol. The first kappa shape index (κ1) is 15.2. The molecule has 2 rings (SSSR count). The van der Waals surface area contributed by atoms with Crippen molar-refractivity contribution in [3.63, 3.8) is 0 Å². The highest BCUT2D eigenvalue weighted by Crippen LogP contribution is 2.29. The number of halogens is 3. The second kappa shape index (κ2) is 5.32. The van der Waals surface area contributed by atoms with Crippen molar-refractivity contribution in [2.45, 2.75) is 13.1 Å². The lowest BCUT2D eigenvalue weighted by Crippen LogP contribution is -2.06. The Labute approximate surface area is 121 Å². The van der Waals surface area contributed by atoms with Crippen LogP contribution in [-0.4, -0.2) is 25.8 Å². The molecule has 0 amide bonds. The molecule has 0 aromatic carbocycles. The lowest BCUT2D eigenvalue weighted by molar-refractivity contribution is -0.141. The van der Waals surface area contributed by atoms with Crippen molar-refractivity contribution < 1.29 is 23.1 Å². The molecule has 0 radical (unpaired) electrons. The normalized spacial score (nSPS) is 12.2. The molecule has 0 atom stereocenters. The molecule has 0 bridgehead atoms. The van der Waals surface area contributed by atoms with Crippen LogP contribution < -0.4 is 0 Å². The quantitative estimate of drug-likeness (QED) is 0.944. The Morgan fingerprint density at radius 2 is 2.10 bits per heavy atom. The zero-order valence-electron chi connectivity index (χ0n) is 11.0. The van der Waals surface area contributed by atoms with Gasteiger partial charge >= 0.3 is 12.1 Å². The molecule has 2 heterocycles. The van der Waals surface area contributed by atoms with E-state index in [2.05, 4.69) is 10.1 Å². The minimum atomic E-state index is -4.50. The van der Waals surface area contributed by atoms with E-state index < -0.39 is 17.8 Å². The molecule has 5 nitrogen and oxygen atoms in total. The van der Waals surface area contributed by atoms with Crippen LogP contribution in [0.2, 0.25) is 0 Å². The molecule has 9 heteroatoms. The highest BCUT2D eigenvalue weighted by atomic mass is 32.1. The van der Waals surface area contributed by atoms with Crippen molar-refractivity contribution in [1.82, 2.24) is 14.8 Å². The Hall–Kier alpha value is -2.16. The second-order valence-electron chi connectivity index (χ2n) is 4.17. The van der Waals surface area contributed by atoms with Crippen LogP contribution in [-0.2, 0) is 13.2 Å². The largest absolute Gasteiger partial charge is 0.476 e. The minimum absolute atomic E-state index is 0.0550. The Morgan fingerprint density at radius 1 is 1.43 bits per heavy atom. The van der Waals surface area contributed by atoms with Gasteiger partial charge in [-0.25, -0.2) is 9.78 Å². The van der Waals surface area contributed by atoms with Gasteiger partial charge in [-0.3, -0.25) is 4.68 Å². The topological polar surface area (TPSA) is 68.0 Å². The Morgan fingerprint density at radius 3 is 2.57 bits per heavy atom. The first-order chi connectivity index (χ1) is 9.68. The molecule has 0 aliphatic rings. The van der Waals surface area contributed by atoms with Crippen LogP contribution in [0.25, 0.3) is 12.2 Å². The summed E-state index contributed by atoms with van der Waals surface area (Å²) in [4.78, 5) is 15.3. The van der Waals surface area contributed by atoms with Crippen molar-refractivity contribution in [1.29, 1.82) is 0 Å². The van der Waals surface area contributed by atoms with Crippen molar-refractivity contribution in [2.75, 3.05) is 0 Å². The summed E-state index contributed by atoms with van der Waals surface area (Å²) in [6, 6.07) is 0.912. The fraction of sp³-hybridized carbons (Fsp3) is 0.250. The number of alkyl halides is 3. The smallest absolute Gasteiger partial charge is 0.435 e. The van der Waals surface area contributed by atoms with Gasteiger partial charge in [-0.15, -0.1) is 11.3 Å². The van der Waals surface area contributed by atoms with E-state index in [4.69, 9.17) is 5.11 Å². The Bertz CT molecular complexity index is 716. The molecule has 0 aliphatic heterocycles. The highest BCUT2D eigenvalue weighted by Gasteiger charge is 2.34. The number of rotatable bonds is 3. The number of aromatic carboxylic acids is 1. The summed E-state index contributed by atoms with van der Waals surface area (Å²) in [7, 11) is 1.39. The van der Waals surface area contributed by atoms with E-state index in [9.17, 15) is 18.0 Å². The van der Waals surface area contributed by atoms with Gasteiger partial charge in [-0.1, -0.05) is 0 Å². The summed E-state index contributed by atoms with van der Waals surface area (Å²) < 4.78 is 38.6. The average molecular weight is 317 g/mol. The third kappa shape index (κ3) is 3.30. The lowest BCUT2D eigenvalue weighted by Gasteiger charge is -1.98. The Balaban J connectivity index is 2.28. The summed E-state index contributed by atoms with van der Waals surface area (Å²) in [6.07, 6.45) is -1.63. The third-order valence-corrected chi connectivity index (χ3v) is 3.55. The van der Waals surface area contributed by atoms with E-state index in [1.54, 1.807) is 6.92 Å². The summed E-state index contributed by atoms with van der Waals surface area (Å²) >= 11 is 1.15. The van der Waals surface area contributed by atoms with Crippen LogP contribution in [0.15, 0.2) is 6.07 Å². The lowest BCUT2D eigenvalue weighted by atomic mass is 10.3. The fourth-order valence-electron chi connectivity index (χ4n) is 1.62. The maximum absolute atomic E-state index is 12.5. The molecule has 1 N–H and O–H groups in total. The molecule has 0 unspecified atom stereocenters. The molecule has 112 valence electrons.